The maximum atomic E-state index is 12.2. The number of hydrogen-bond donors (Lipinski definition) is 2. The largest absolute Gasteiger partial charge is 0.480 e. The number of rotatable bonds is 3. The van der Waals surface area contributed by atoms with E-state index in [9.17, 15) is 19.2 Å². The van der Waals surface area contributed by atoms with Crippen molar-refractivity contribution in [3.8, 4) is 5.75 Å². The number of para-hydroxylation sites is 1. The van der Waals surface area contributed by atoms with E-state index < -0.39 is 48.7 Å². The van der Waals surface area contributed by atoms with E-state index in [1.54, 1.807) is 18.2 Å². The van der Waals surface area contributed by atoms with Gasteiger partial charge in [0.25, 0.3) is 0 Å². The van der Waals surface area contributed by atoms with Crippen LogP contribution in [0.15, 0.2) is 30.3 Å². The number of aliphatic carboxylic acids is 2. The van der Waals surface area contributed by atoms with Gasteiger partial charge in [0, 0.05) is 12.8 Å². The van der Waals surface area contributed by atoms with Gasteiger partial charge in [-0.2, -0.15) is 0 Å². The molecule has 1 saturated heterocycles. The molecule has 0 bridgehead atoms. The molecule has 1 amide bonds. The number of benzene rings is 1. The first kappa shape index (κ1) is 15.5. The number of carboxylic acid groups (broad SMARTS) is 2. The third-order valence-electron chi connectivity index (χ3n) is 3.24. The molecule has 0 spiro atoms. The minimum atomic E-state index is -1.56. The van der Waals surface area contributed by atoms with Crippen LogP contribution >= 0.6 is 0 Å². The number of carbonyl (C=O) groups excluding carboxylic acids is 2. The van der Waals surface area contributed by atoms with Crippen molar-refractivity contribution < 1.29 is 34.1 Å². The van der Waals surface area contributed by atoms with E-state index in [2.05, 4.69) is 0 Å². The van der Waals surface area contributed by atoms with E-state index in [1.807, 2.05) is 0 Å². The fraction of sp³-hybridized carbons (Fsp3) is 0.286. The molecule has 1 heterocycles. The van der Waals surface area contributed by atoms with E-state index in [0.29, 0.717) is 4.90 Å². The molecule has 2 atom stereocenters. The number of nitrogens with zero attached hydrogens (tertiary/aromatic N) is 1. The predicted molar refractivity (Wildman–Crippen MR) is 71.4 cm³/mol. The fourth-order valence-corrected chi connectivity index (χ4v) is 2.24. The Hall–Kier alpha value is -2.90. The molecule has 116 valence electrons. The Morgan fingerprint density at radius 2 is 1.50 bits per heavy atom. The van der Waals surface area contributed by atoms with Crippen molar-refractivity contribution in [2.45, 2.75) is 24.9 Å². The van der Waals surface area contributed by atoms with Crippen molar-refractivity contribution in [3.63, 3.8) is 0 Å². The zero-order valence-electron chi connectivity index (χ0n) is 11.3. The van der Waals surface area contributed by atoms with Crippen LogP contribution in [0.2, 0.25) is 0 Å². The lowest BCUT2D eigenvalue weighted by Crippen LogP contribution is -2.59. The third-order valence-corrected chi connectivity index (χ3v) is 3.24. The molecule has 0 aliphatic carbocycles. The Kier molecular flexibility index (Phi) is 4.40. The minimum Gasteiger partial charge on any atom is -0.480 e. The van der Waals surface area contributed by atoms with Gasteiger partial charge >= 0.3 is 18.0 Å². The lowest BCUT2D eigenvalue weighted by molar-refractivity contribution is -0.155. The summed E-state index contributed by atoms with van der Waals surface area (Å²) in [4.78, 5) is 46.8. The van der Waals surface area contributed by atoms with Crippen molar-refractivity contribution in [3.05, 3.63) is 30.3 Å². The molecule has 1 fully saturated rings. The highest BCUT2D eigenvalue weighted by molar-refractivity contribution is 5.96. The number of carbonyl (C=O) groups is 4. The number of ketones is 1. The smallest absolute Gasteiger partial charge is 0.416 e. The second-order valence-electron chi connectivity index (χ2n) is 4.74. The number of amides is 1. The van der Waals surface area contributed by atoms with Gasteiger partial charge < -0.3 is 14.9 Å². The number of carboxylic acids is 2. The van der Waals surface area contributed by atoms with E-state index in [-0.39, 0.29) is 5.75 Å². The van der Waals surface area contributed by atoms with Gasteiger partial charge in [0.15, 0.2) is 0 Å². The van der Waals surface area contributed by atoms with Gasteiger partial charge in [-0.1, -0.05) is 18.2 Å². The summed E-state index contributed by atoms with van der Waals surface area (Å²) in [5.74, 6) is -3.28. The first-order valence-corrected chi connectivity index (χ1v) is 6.42. The van der Waals surface area contributed by atoms with Crippen LogP contribution in [0.1, 0.15) is 12.8 Å². The molecular weight excluding hydrogens is 294 g/mol. The second-order valence-corrected chi connectivity index (χ2v) is 4.74. The minimum absolute atomic E-state index is 0.151. The van der Waals surface area contributed by atoms with Crippen LogP contribution in [0.25, 0.3) is 0 Å². The molecule has 0 radical (unpaired) electrons. The number of piperidine rings is 1. The summed E-state index contributed by atoms with van der Waals surface area (Å²) in [5, 5.41) is 18.3. The fourth-order valence-electron chi connectivity index (χ4n) is 2.24. The highest BCUT2D eigenvalue weighted by Crippen LogP contribution is 2.23. The predicted octanol–water partition coefficient (Wildman–Crippen LogP) is 0.757. The first-order chi connectivity index (χ1) is 10.4. The molecule has 2 rings (SSSR count). The van der Waals surface area contributed by atoms with E-state index in [1.165, 1.54) is 12.1 Å². The summed E-state index contributed by atoms with van der Waals surface area (Å²) in [6, 6.07) is 4.73. The molecule has 2 N–H and O–H groups in total. The van der Waals surface area contributed by atoms with Crippen LogP contribution in [-0.4, -0.2) is 51.0 Å². The van der Waals surface area contributed by atoms with E-state index in [4.69, 9.17) is 14.9 Å². The molecule has 1 aromatic carbocycles. The van der Waals surface area contributed by atoms with E-state index in [0.717, 1.165) is 0 Å². The molecule has 1 aliphatic heterocycles. The average Bonchev–Trinajstić information content (AvgIpc) is 2.47. The molecule has 0 saturated carbocycles. The van der Waals surface area contributed by atoms with Crippen molar-refractivity contribution in [1.82, 2.24) is 4.90 Å². The van der Waals surface area contributed by atoms with Crippen molar-refractivity contribution in [1.29, 1.82) is 0 Å². The molecule has 1 aliphatic rings. The standard InChI is InChI=1S/C14H13NO7/c16-8-6-10(12(17)18)15(11(7-8)13(19)20)14(21)22-9-4-2-1-3-5-9/h1-5,10-11H,6-7H2,(H,17,18)(H,19,20). The second kappa shape index (κ2) is 6.25. The summed E-state index contributed by atoms with van der Waals surface area (Å²) >= 11 is 0. The summed E-state index contributed by atoms with van der Waals surface area (Å²) in [6.45, 7) is 0. The van der Waals surface area contributed by atoms with Crippen LogP contribution < -0.4 is 4.74 Å². The summed E-state index contributed by atoms with van der Waals surface area (Å²) < 4.78 is 5.00. The van der Waals surface area contributed by atoms with Crippen LogP contribution in [0.4, 0.5) is 4.79 Å². The number of Topliss-reactive ketones (excluding diaryl/α,β-unsaturated/α-hetero) is 1. The molecule has 8 nitrogen and oxygen atoms in total. The van der Waals surface area contributed by atoms with Gasteiger partial charge in [0.1, 0.15) is 23.6 Å². The van der Waals surface area contributed by atoms with Crippen LogP contribution in [0, 0.1) is 0 Å². The monoisotopic (exact) mass is 307 g/mol. The maximum Gasteiger partial charge on any atom is 0.416 e. The number of ether oxygens (including phenoxy) is 1. The number of likely N-dealkylation sites (tertiary alicyclic amines) is 1. The van der Waals surface area contributed by atoms with Gasteiger partial charge in [-0.25, -0.2) is 14.4 Å². The van der Waals surface area contributed by atoms with Crippen LogP contribution in [0.3, 0.4) is 0 Å². The van der Waals surface area contributed by atoms with Gasteiger partial charge in [0.05, 0.1) is 0 Å². The Bertz CT molecular complexity index is 587. The quantitative estimate of drug-likeness (QED) is 0.845. The summed E-state index contributed by atoms with van der Waals surface area (Å²) in [7, 11) is 0. The SMILES string of the molecule is O=C1CC(C(=O)O)N(C(=O)Oc2ccccc2)C(C(=O)O)C1. The topological polar surface area (TPSA) is 121 Å². The Labute approximate surface area is 124 Å². The van der Waals surface area contributed by atoms with Gasteiger partial charge in [-0.3, -0.25) is 9.69 Å². The summed E-state index contributed by atoms with van der Waals surface area (Å²) in [5.41, 5.74) is 0. The van der Waals surface area contributed by atoms with Crippen LogP contribution in [-0.2, 0) is 14.4 Å². The molecule has 1 aromatic rings. The van der Waals surface area contributed by atoms with Crippen molar-refractivity contribution in [2.24, 2.45) is 0 Å². The van der Waals surface area contributed by atoms with Crippen LogP contribution in [0.5, 0.6) is 5.75 Å². The van der Waals surface area contributed by atoms with Crippen molar-refractivity contribution in [2.75, 3.05) is 0 Å². The molecule has 8 heteroatoms. The Morgan fingerprint density at radius 1 is 1.00 bits per heavy atom. The zero-order chi connectivity index (χ0) is 16.3. The highest BCUT2D eigenvalue weighted by Gasteiger charge is 2.46. The maximum absolute atomic E-state index is 12.2. The molecular formula is C14H13NO7. The third kappa shape index (κ3) is 3.22. The lowest BCUT2D eigenvalue weighted by atomic mass is 9.95. The molecule has 22 heavy (non-hydrogen) atoms. The first-order valence-electron chi connectivity index (χ1n) is 6.42. The average molecular weight is 307 g/mol. The van der Waals surface area contributed by atoms with Crippen molar-refractivity contribution >= 4 is 23.8 Å². The Morgan fingerprint density at radius 3 is 1.95 bits per heavy atom. The zero-order valence-corrected chi connectivity index (χ0v) is 11.3. The highest BCUT2D eigenvalue weighted by atomic mass is 16.6. The lowest BCUT2D eigenvalue weighted by Gasteiger charge is -2.35. The van der Waals surface area contributed by atoms with Gasteiger partial charge in [-0.15, -0.1) is 0 Å². The summed E-state index contributed by atoms with van der Waals surface area (Å²) in [6.07, 6.45) is -2.00. The molecule has 2 unspecified atom stereocenters. The molecule has 0 aromatic heterocycles. The Balaban J connectivity index is 2.28. The number of hydrogen-bond acceptors (Lipinski definition) is 5. The normalized spacial score (nSPS) is 21.3. The van der Waals surface area contributed by atoms with E-state index >= 15 is 0 Å². The van der Waals surface area contributed by atoms with Gasteiger partial charge in [0.2, 0.25) is 0 Å². The van der Waals surface area contributed by atoms with Gasteiger partial charge in [-0.05, 0) is 12.1 Å².